The van der Waals surface area contributed by atoms with E-state index in [-0.39, 0.29) is 36.2 Å². The molecule has 34 heavy (non-hydrogen) atoms. The van der Waals surface area contributed by atoms with Gasteiger partial charge in [-0.15, -0.1) is 0 Å². The number of hydrogen-bond donors (Lipinski definition) is 3. The second-order valence-electron chi connectivity index (χ2n) is 8.74. The summed E-state index contributed by atoms with van der Waals surface area (Å²) in [4.78, 5) is 28.1. The van der Waals surface area contributed by atoms with Crippen molar-refractivity contribution in [2.75, 3.05) is 0 Å². The maximum absolute atomic E-state index is 13.1. The van der Waals surface area contributed by atoms with Crippen LogP contribution < -0.4 is 5.32 Å². The maximum Gasteiger partial charge on any atom is 0.333 e. The molecule has 1 heterocycles. The number of nitrogens with zero attached hydrogens (tertiary/aromatic N) is 1. The highest BCUT2D eigenvalue weighted by Crippen LogP contribution is 2.35. The predicted molar refractivity (Wildman–Crippen MR) is 126 cm³/mol. The van der Waals surface area contributed by atoms with Gasteiger partial charge in [0.05, 0.1) is 5.57 Å². The number of hydrogen-bond acceptors (Lipinski definition) is 4. The van der Waals surface area contributed by atoms with E-state index >= 15 is 0 Å². The van der Waals surface area contributed by atoms with Gasteiger partial charge in [0, 0.05) is 24.2 Å². The van der Waals surface area contributed by atoms with Crippen LogP contribution >= 0.6 is 0 Å². The van der Waals surface area contributed by atoms with Crippen LogP contribution in [0.2, 0.25) is 0 Å². The summed E-state index contributed by atoms with van der Waals surface area (Å²) in [6, 6.07) is 11.0. The molecule has 0 saturated heterocycles. The number of allylic oxidation sites excluding steroid dienone is 4. The lowest BCUT2D eigenvalue weighted by Gasteiger charge is -2.26. The Bertz CT molecular complexity index is 1150. The minimum atomic E-state index is -1.05. The van der Waals surface area contributed by atoms with Crippen molar-refractivity contribution in [3.63, 3.8) is 0 Å². The van der Waals surface area contributed by atoms with Gasteiger partial charge in [-0.2, -0.15) is 4.39 Å². The van der Waals surface area contributed by atoms with Crippen molar-refractivity contribution in [1.29, 1.82) is 0 Å². The molecule has 2 aromatic rings. The number of aryl methyl sites for hydroxylation is 1. The van der Waals surface area contributed by atoms with Crippen LogP contribution in [0.25, 0.3) is 0 Å². The van der Waals surface area contributed by atoms with E-state index in [1.807, 2.05) is 30.3 Å². The van der Waals surface area contributed by atoms with Gasteiger partial charge in [0.1, 0.15) is 5.76 Å². The van der Waals surface area contributed by atoms with Crippen LogP contribution in [0.5, 0.6) is 0 Å². The number of amides is 1. The summed E-state index contributed by atoms with van der Waals surface area (Å²) in [6.45, 7) is 0. The molecule has 0 fully saturated rings. The van der Waals surface area contributed by atoms with E-state index < -0.39 is 11.9 Å². The number of carboxylic acids is 1. The lowest BCUT2D eigenvalue weighted by Crippen LogP contribution is -2.29. The molecule has 176 valence electrons. The van der Waals surface area contributed by atoms with Crippen molar-refractivity contribution in [2.24, 2.45) is 0 Å². The lowest BCUT2D eigenvalue weighted by molar-refractivity contribution is -0.133. The number of carbonyl (C=O) groups excluding carboxylic acids is 1. The third kappa shape index (κ3) is 5.78. The Kier molecular flexibility index (Phi) is 7.21. The summed E-state index contributed by atoms with van der Waals surface area (Å²) in [5, 5.41) is 22.0. The molecule has 2 aliphatic carbocycles. The SMILES string of the molecule is O=C(CCc1ccc(C2C=CC(O)=CC2)cc1)NC1=C(C(=O)O)CC(c2ccc(F)nc2)CC1. The van der Waals surface area contributed by atoms with Crippen LogP contribution in [0.15, 0.2) is 77.9 Å². The van der Waals surface area contributed by atoms with E-state index in [0.717, 1.165) is 23.1 Å². The molecule has 4 rings (SSSR count). The fraction of sp³-hybridized carbons (Fsp3) is 0.296. The number of aliphatic hydroxyl groups is 1. The number of carbonyl (C=O) groups is 2. The highest BCUT2D eigenvalue weighted by atomic mass is 19.1. The summed E-state index contributed by atoms with van der Waals surface area (Å²) < 4.78 is 13.1. The second kappa shape index (κ2) is 10.5. The Morgan fingerprint density at radius 2 is 1.88 bits per heavy atom. The number of aromatic nitrogens is 1. The van der Waals surface area contributed by atoms with Gasteiger partial charge in [0.15, 0.2) is 0 Å². The van der Waals surface area contributed by atoms with E-state index in [9.17, 15) is 24.2 Å². The van der Waals surface area contributed by atoms with Crippen molar-refractivity contribution in [3.05, 3.63) is 100 Å². The van der Waals surface area contributed by atoms with Crippen molar-refractivity contribution in [3.8, 4) is 0 Å². The van der Waals surface area contributed by atoms with Gasteiger partial charge < -0.3 is 15.5 Å². The van der Waals surface area contributed by atoms with E-state index in [1.165, 1.54) is 12.3 Å². The van der Waals surface area contributed by atoms with Crippen LogP contribution in [0, 0.1) is 5.95 Å². The zero-order valence-corrected chi connectivity index (χ0v) is 18.7. The first-order chi connectivity index (χ1) is 16.4. The van der Waals surface area contributed by atoms with Gasteiger partial charge in [-0.25, -0.2) is 9.78 Å². The molecule has 0 bridgehead atoms. The quantitative estimate of drug-likeness (QED) is 0.500. The zero-order chi connectivity index (χ0) is 24.1. The largest absolute Gasteiger partial charge is 0.508 e. The molecule has 2 aliphatic rings. The Hall–Kier alpha value is -3.74. The number of nitrogens with one attached hydrogen (secondary N) is 1. The molecule has 1 aromatic heterocycles. The number of pyridine rings is 1. The van der Waals surface area contributed by atoms with Gasteiger partial charge >= 0.3 is 5.97 Å². The second-order valence-corrected chi connectivity index (χ2v) is 8.74. The fourth-order valence-corrected chi connectivity index (χ4v) is 4.49. The Morgan fingerprint density at radius 1 is 1.12 bits per heavy atom. The highest BCUT2D eigenvalue weighted by molar-refractivity contribution is 5.89. The molecular formula is C27H27FN2O4. The average Bonchev–Trinajstić information content (AvgIpc) is 2.84. The number of halogens is 1. The first-order valence-corrected chi connectivity index (χ1v) is 11.4. The molecule has 0 radical (unpaired) electrons. The average molecular weight is 463 g/mol. The van der Waals surface area contributed by atoms with Crippen molar-refractivity contribution < 1.29 is 24.2 Å². The summed E-state index contributed by atoms with van der Waals surface area (Å²) in [7, 11) is 0. The predicted octanol–water partition coefficient (Wildman–Crippen LogP) is 5.06. The van der Waals surface area contributed by atoms with Gasteiger partial charge in [0.25, 0.3) is 0 Å². The minimum Gasteiger partial charge on any atom is -0.508 e. The minimum absolute atomic E-state index is 0.0724. The summed E-state index contributed by atoms with van der Waals surface area (Å²) in [5.41, 5.74) is 3.62. The number of rotatable bonds is 7. The molecule has 0 aliphatic heterocycles. The van der Waals surface area contributed by atoms with Crippen molar-refractivity contribution >= 4 is 11.9 Å². The van der Waals surface area contributed by atoms with Crippen molar-refractivity contribution in [1.82, 2.24) is 10.3 Å². The van der Waals surface area contributed by atoms with Crippen LogP contribution in [0.4, 0.5) is 4.39 Å². The number of benzene rings is 1. The fourth-order valence-electron chi connectivity index (χ4n) is 4.49. The van der Waals surface area contributed by atoms with E-state index in [0.29, 0.717) is 30.7 Å². The van der Waals surface area contributed by atoms with E-state index in [1.54, 1.807) is 18.2 Å². The first-order valence-electron chi connectivity index (χ1n) is 11.4. The molecule has 1 amide bonds. The van der Waals surface area contributed by atoms with E-state index in [4.69, 9.17) is 0 Å². The number of aliphatic carboxylic acids is 1. The molecule has 1 aromatic carbocycles. The lowest BCUT2D eigenvalue weighted by atomic mass is 9.82. The normalized spacial score (nSPS) is 20.1. The van der Waals surface area contributed by atoms with Gasteiger partial charge in [-0.1, -0.05) is 36.4 Å². The molecule has 6 nitrogen and oxygen atoms in total. The molecule has 7 heteroatoms. The maximum atomic E-state index is 13.1. The summed E-state index contributed by atoms with van der Waals surface area (Å²) >= 11 is 0. The van der Waals surface area contributed by atoms with Crippen LogP contribution in [-0.2, 0) is 16.0 Å². The number of aliphatic hydroxyl groups excluding tert-OH is 1. The van der Waals surface area contributed by atoms with Gasteiger partial charge in [-0.3, -0.25) is 4.79 Å². The van der Waals surface area contributed by atoms with Gasteiger partial charge in [0.2, 0.25) is 11.9 Å². The molecule has 0 spiro atoms. The standard InChI is InChI=1S/C27H27FN2O4/c28-25-13-9-21(16-29-25)20-8-12-24(23(15-20)27(33)34)30-26(32)14-3-17-1-4-18(5-2-17)19-6-10-22(31)11-7-19/h1-2,4-6,9-11,13,16,19-20,31H,3,7-8,12,14-15H2,(H,30,32)(H,33,34). The molecule has 2 atom stereocenters. The zero-order valence-electron chi connectivity index (χ0n) is 18.7. The first kappa shape index (κ1) is 23.4. The Balaban J connectivity index is 1.33. The van der Waals surface area contributed by atoms with Crippen LogP contribution in [-0.4, -0.2) is 27.1 Å². The molecule has 3 N–H and O–H groups in total. The Morgan fingerprint density at radius 3 is 2.53 bits per heavy atom. The van der Waals surface area contributed by atoms with Crippen LogP contribution in [0.1, 0.15) is 60.6 Å². The Labute approximate surface area is 197 Å². The third-order valence-electron chi connectivity index (χ3n) is 6.46. The van der Waals surface area contributed by atoms with Crippen LogP contribution in [0.3, 0.4) is 0 Å². The monoisotopic (exact) mass is 462 g/mol. The smallest absolute Gasteiger partial charge is 0.333 e. The highest BCUT2D eigenvalue weighted by Gasteiger charge is 2.27. The van der Waals surface area contributed by atoms with Gasteiger partial charge in [-0.05, 0) is 72.9 Å². The summed E-state index contributed by atoms with van der Waals surface area (Å²) in [6.07, 6.45) is 9.84. The molecule has 0 saturated carbocycles. The topological polar surface area (TPSA) is 99.5 Å². The number of carboxylic acid groups (broad SMARTS) is 1. The molecule has 2 unspecified atom stereocenters. The summed E-state index contributed by atoms with van der Waals surface area (Å²) in [5.74, 6) is -1.38. The third-order valence-corrected chi connectivity index (χ3v) is 6.46. The molecular weight excluding hydrogens is 435 g/mol. The van der Waals surface area contributed by atoms with Crippen molar-refractivity contribution in [2.45, 2.75) is 50.4 Å². The van der Waals surface area contributed by atoms with E-state index in [2.05, 4.69) is 10.3 Å².